The molecule has 1 unspecified atom stereocenters. The minimum atomic E-state index is -0.315. The topological polar surface area (TPSA) is 78.2 Å². The van der Waals surface area contributed by atoms with E-state index in [4.69, 9.17) is 15.4 Å². The molecule has 0 amide bonds. The maximum absolute atomic E-state index is 8.97. The fourth-order valence-corrected chi connectivity index (χ4v) is 2.08. The van der Waals surface area contributed by atoms with Crippen LogP contribution in [-0.4, -0.2) is 18.8 Å². The number of azide groups is 1. The maximum atomic E-state index is 8.97. The molecule has 1 atom stereocenters. The van der Waals surface area contributed by atoms with Crippen molar-refractivity contribution >= 4 is 0 Å². The summed E-state index contributed by atoms with van der Waals surface area (Å²) in [5.74, 6) is 0.716. The summed E-state index contributed by atoms with van der Waals surface area (Å²) in [5, 5.41) is 12.8. The van der Waals surface area contributed by atoms with E-state index < -0.39 is 0 Å². The van der Waals surface area contributed by atoms with Crippen LogP contribution in [-0.2, 0) is 5.41 Å². The number of methoxy groups -OCH3 is 1. The molecule has 5 nitrogen and oxygen atoms in total. The van der Waals surface area contributed by atoms with Crippen LogP contribution < -0.4 is 4.74 Å². The van der Waals surface area contributed by atoms with Gasteiger partial charge in [-0.2, -0.15) is 0 Å². The first-order chi connectivity index (χ1) is 9.43. The van der Waals surface area contributed by atoms with E-state index >= 15 is 0 Å². The minimum Gasteiger partial charge on any atom is -0.496 e. The van der Waals surface area contributed by atoms with Gasteiger partial charge in [-0.05, 0) is 35.4 Å². The van der Waals surface area contributed by atoms with Gasteiger partial charge in [-0.1, -0.05) is 38.0 Å². The Morgan fingerprint density at radius 3 is 2.60 bits per heavy atom. The highest BCUT2D eigenvalue weighted by Crippen LogP contribution is 2.35. The van der Waals surface area contributed by atoms with Gasteiger partial charge in [0.2, 0.25) is 0 Å². The molecule has 0 fully saturated rings. The summed E-state index contributed by atoms with van der Waals surface area (Å²) < 4.78 is 5.37. The number of ether oxygens (including phenoxy) is 1. The van der Waals surface area contributed by atoms with Crippen molar-refractivity contribution in [3.63, 3.8) is 0 Å². The van der Waals surface area contributed by atoms with Crippen molar-refractivity contribution in [2.24, 2.45) is 5.11 Å². The first-order valence-electron chi connectivity index (χ1n) is 6.77. The summed E-state index contributed by atoms with van der Waals surface area (Å²) in [6, 6.07) is 5.66. The summed E-state index contributed by atoms with van der Waals surface area (Å²) in [5.41, 5.74) is 10.8. The number of nitrogens with zero attached hydrogens (tertiary/aromatic N) is 3. The second-order valence-corrected chi connectivity index (χ2v) is 5.79. The van der Waals surface area contributed by atoms with Crippen molar-refractivity contribution in [2.75, 3.05) is 13.7 Å². The predicted octanol–water partition coefficient (Wildman–Crippen LogP) is 4.12. The summed E-state index contributed by atoms with van der Waals surface area (Å²) in [7, 11) is 1.61. The molecule has 110 valence electrons. The molecule has 0 radical (unpaired) electrons. The third-order valence-corrected chi connectivity index (χ3v) is 3.28. The van der Waals surface area contributed by atoms with Crippen molar-refractivity contribution in [3.8, 4) is 5.75 Å². The van der Waals surface area contributed by atoms with Crippen molar-refractivity contribution in [2.45, 2.75) is 45.1 Å². The van der Waals surface area contributed by atoms with E-state index in [1.165, 1.54) is 0 Å². The zero-order valence-corrected chi connectivity index (χ0v) is 12.6. The first kappa shape index (κ1) is 16.3. The molecule has 20 heavy (non-hydrogen) atoms. The van der Waals surface area contributed by atoms with Gasteiger partial charge in [0.15, 0.2) is 0 Å². The first-order valence-corrected chi connectivity index (χ1v) is 6.77. The van der Waals surface area contributed by atoms with Crippen molar-refractivity contribution in [3.05, 3.63) is 39.8 Å². The lowest BCUT2D eigenvalue weighted by molar-refractivity contribution is 0.279. The van der Waals surface area contributed by atoms with E-state index in [0.29, 0.717) is 18.6 Å². The van der Waals surface area contributed by atoms with Gasteiger partial charge >= 0.3 is 0 Å². The lowest BCUT2D eigenvalue weighted by Crippen LogP contribution is -2.12. The zero-order valence-electron chi connectivity index (χ0n) is 12.6. The summed E-state index contributed by atoms with van der Waals surface area (Å²) in [6.07, 6.45) is 1.19. The van der Waals surface area contributed by atoms with Crippen molar-refractivity contribution < 1.29 is 9.84 Å². The van der Waals surface area contributed by atoms with E-state index in [2.05, 4.69) is 30.8 Å². The predicted molar refractivity (Wildman–Crippen MR) is 79.9 cm³/mol. The second kappa shape index (κ2) is 7.17. The number of aliphatic hydroxyl groups is 1. The molecule has 0 saturated heterocycles. The Morgan fingerprint density at radius 2 is 2.10 bits per heavy atom. The Bertz CT molecular complexity index is 488. The molecular weight excluding hydrogens is 254 g/mol. The van der Waals surface area contributed by atoms with Crippen LogP contribution in [0.25, 0.3) is 10.4 Å². The zero-order chi connectivity index (χ0) is 15.2. The van der Waals surface area contributed by atoms with Gasteiger partial charge in [0.05, 0.1) is 13.2 Å². The average molecular weight is 277 g/mol. The van der Waals surface area contributed by atoms with Gasteiger partial charge in [0.1, 0.15) is 5.75 Å². The van der Waals surface area contributed by atoms with Crippen LogP contribution in [0.5, 0.6) is 5.75 Å². The highest BCUT2D eigenvalue weighted by molar-refractivity contribution is 5.41. The molecule has 0 heterocycles. The van der Waals surface area contributed by atoms with Crippen LogP contribution in [0.15, 0.2) is 23.3 Å². The van der Waals surface area contributed by atoms with Crippen LogP contribution in [0.3, 0.4) is 0 Å². The molecule has 1 aromatic carbocycles. The van der Waals surface area contributed by atoms with Gasteiger partial charge in [0, 0.05) is 17.1 Å². The van der Waals surface area contributed by atoms with Gasteiger partial charge in [-0.15, -0.1) is 0 Å². The Balaban J connectivity index is 3.25. The normalized spacial score (nSPS) is 12.7. The molecule has 0 saturated carbocycles. The lowest BCUT2D eigenvalue weighted by atomic mass is 9.85. The summed E-state index contributed by atoms with van der Waals surface area (Å²) >= 11 is 0. The highest BCUT2D eigenvalue weighted by Gasteiger charge is 2.20. The number of benzene rings is 1. The monoisotopic (exact) mass is 277 g/mol. The third kappa shape index (κ3) is 4.15. The summed E-state index contributed by atoms with van der Waals surface area (Å²) in [4.78, 5) is 2.92. The Morgan fingerprint density at radius 1 is 1.40 bits per heavy atom. The Kier molecular flexibility index (Phi) is 5.86. The number of hydrogen-bond donors (Lipinski definition) is 1. The smallest absolute Gasteiger partial charge is 0.122 e. The number of rotatable bonds is 6. The maximum Gasteiger partial charge on any atom is 0.122 e. The molecular formula is C15H23N3O2. The fourth-order valence-electron chi connectivity index (χ4n) is 2.08. The van der Waals surface area contributed by atoms with Gasteiger partial charge < -0.3 is 9.84 Å². The van der Waals surface area contributed by atoms with Gasteiger partial charge in [-0.25, -0.2) is 0 Å². The largest absolute Gasteiger partial charge is 0.496 e. The van der Waals surface area contributed by atoms with Crippen molar-refractivity contribution in [1.82, 2.24) is 0 Å². The molecule has 1 aromatic rings. The van der Waals surface area contributed by atoms with Crippen LogP contribution in [0.2, 0.25) is 0 Å². The molecule has 0 aliphatic carbocycles. The van der Waals surface area contributed by atoms with Crippen LogP contribution in [0.1, 0.15) is 50.8 Å². The number of aliphatic hydroxyl groups excluding tert-OH is 1. The van der Waals surface area contributed by atoms with E-state index in [1.54, 1.807) is 7.11 Å². The van der Waals surface area contributed by atoms with Crippen LogP contribution >= 0.6 is 0 Å². The molecule has 0 aliphatic heterocycles. The molecule has 0 aliphatic rings. The molecule has 5 heteroatoms. The van der Waals surface area contributed by atoms with E-state index in [9.17, 15) is 0 Å². The highest BCUT2D eigenvalue weighted by atomic mass is 16.5. The molecule has 0 bridgehead atoms. The van der Waals surface area contributed by atoms with E-state index in [0.717, 1.165) is 11.1 Å². The summed E-state index contributed by atoms with van der Waals surface area (Å²) in [6.45, 7) is 6.48. The Labute approximate surface area is 120 Å². The number of hydrogen-bond acceptors (Lipinski definition) is 3. The standard InChI is InChI=1S/C15H23N3O2/c1-15(2,3)11-7-8-14(20-4)12(10-11)13(17-18-16)6-5-9-19/h7-8,10,13,19H,5-6,9H2,1-4H3. The average Bonchev–Trinajstić information content (AvgIpc) is 2.41. The molecule has 0 aromatic heterocycles. The molecule has 1 rings (SSSR count). The SMILES string of the molecule is COc1ccc(C(C)(C)C)cc1C(CCCO)N=[N+]=[N-]. The van der Waals surface area contributed by atoms with Gasteiger partial charge in [-0.3, -0.25) is 0 Å². The Hall–Kier alpha value is -1.71. The fraction of sp³-hybridized carbons (Fsp3) is 0.600. The van der Waals surface area contributed by atoms with E-state index in [-0.39, 0.29) is 18.1 Å². The quantitative estimate of drug-likeness (QED) is 0.482. The second-order valence-electron chi connectivity index (χ2n) is 5.79. The molecule has 1 N–H and O–H groups in total. The minimum absolute atomic E-state index is 0.0128. The lowest BCUT2D eigenvalue weighted by Gasteiger charge is -2.23. The van der Waals surface area contributed by atoms with Crippen molar-refractivity contribution in [1.29, 1.82) is 0 Å². The van der Waals surface area contributed by atoms with Crippen LogP contribution in [0, 0.1) is 0 Å². The molecule has 0 spiro atoms. The van der Waals surface area contributed by atoms with Crippen LogP contribution in [0.4, 0.5) is 0 Å². The van der Waals surface area contributed by atoms with Gasteiger partial charge in [0.25, 0.3) is 0 Å². The van der Waals surface area contributed by atoms with E-state index in [1.807, 2.05) is 18.2 Å². The third-order valence-electron chi connectivity index (χ3n) is 3.28.